The lowest BCUT2D eigenvalue weighted by Gasteiger charge is -2.07. The maximum Gasteiger partial charge on any atom is 0.162 e. The Bertz CT molecular complexity index is 705. The summed E-state index contributed by atoms with van der Waals surface area (Å²) in [7, 11) is 1.61. The molecule has 0 aromatic heterocycles. The Hall–Kier alpha value is -2.91. The number of hydrogen-bond donors (Lipinski definition) is 0. The van der Waals surface area contributed by atoms with Crippen molar-refractivity contribution in [2.24, 2.45) is 0 Å². The van der Waals surface area contributed by atoms with Gasteiger partial charge in [0.05, 0.1) is 19.6 Å². The largest absolute Gasteiger partial charge is 0.493 e. The lowest BCUT2D eigenvalue weighted by Crippen LogP contribution is -1.96. The van der Waals surface area contributed by atoms with Gasteiger partial charge in [-0.25, -0.2) is 0 Å². The van der Waals surface area contributed by atoms with Crippen LogP contribution in [0.4, 0.5) is 0 Å². The molecule has 0 aliphatic rings. The highest BCUT2D eigenvalue weighted by atomic mass is 16.5. The second-order valence-electron chi connectivity index (χ2n) is 4.28. The summed E-state index contributed by atoms with van der Waals surface area (Å²) in [5, 5.41) is 8.68. The summed E-state index contributed by atoms with van der Waals surface area (Å²) in [6, 6.07) is 17.2. The highest BCUT2D eigenvalue weighted by Gasteiger charge is 2.00. The number of para-hydroxylation sites is 2. The van der Waals surface area contributed by atoms with E-state index in [2.05, 4.69) is 17.9 Å². The van der Waals surface area contributed by atoms with Crippen molar-refractivity contribution >= 4 is 0 Å². The van der Waals surface area contributed by atoms with Crippen LogP contribution < -0.4 is 9.47 Å². The standard InChI is InChI=1S/C18H15NO2/c1-20-17-9-2-3-10-18(17)21-13-5-8-15-6-4-7-16(14-15)11-12-19/h2-4,6-7,9-10,14H,11,13H2,1H3. The molecular weight excluding hydrogens is 262 g/mol. The van der Waals surface area contributed by atoms with Crippen LogP contribution >= 0.6 is 0 Å². The fourth-order valence-corrected chi connectivity index (χ4v) is 1.84. The van der Waals surface area contributed by atoms with Crippen molar-refractivity contribution in [3.8, 4) is 29.4 Å². The van der Waals surface area contributed by atoms with Crippen molar-refractivity contribution in [2.45, 2.75) is 6.42 Å². The zero-order valence-electron chi connectivity index (χ0n) is 11.8. The summed E-state index contributed by atoms with van der Waals surface area (Å²) in [6.07, 6.45) is 0.396. The fourth-order valence-electron chi connectivity index (χ4n) is 1.84. The molecule has 0 atom stereocenters. The summed E-state index contributed by atoms with van der Waals surface area (Å²) in [6.45, 7) is 0.281. The molecule has 104 valence electrons. The van der Waals surface area contributed by atoms with Crippen molar-refractivity contribution in [3.63, 3.8) is 0 Å². The van der Waals surface area contributed by atoms with E-state index in [1.54, 1.807) is 7.11 Å². The van der Waals surface area contributed by atoms with Crippen LogP contribution in [-0.2, 0) is 6.42 Å². The van der Waals surface area contributed by atoms with Gasteiger partial charge in [-0.2, -0.15) is 5.26 Å². The predicted molar refractivity (Wildman–Crippen MR) is 81.1 cm³/mol. The Balaban J connectivity index is 1.98. The average Bonchev–Trinajstić information content (AvgIpc) is 2.53. The van der Waals surface area contributed by atoms with E-state index in [1.807, 2.05) is 48.5 Å². The highest BCUT2D eigenvalue weighted by molar-refractivity contribution is 5.40. The van der Waals surface area contributed by atoms with E-state index in [9.17, 15) is 0 Å². The summed E-state index contributed by atoms with van der Waals surface area (Å²) in [4.78, 5) is 0. The lowest BCUT2D eigenvalue weighted by atomic mass is 10.1. The summed E-state index contributed by atoms with van der Waals surface area (Å²) in [5.41, 5.74) is 1.85. The number of nitriles is 1. The lowest BCUT2D eigenvalue weighted by molar-refractivity contribution is 0.331. The fraction of sp³-hybridized carbons (Fsp3) is 0.167. The summed E-state index contributed by atoms with van der Waals surface area (Å²) >= 11 is 0. The molecule has 21 heavy (non-hydrogen) atoms. The third-order valence-electron chi connectivity index (χ3n) is 2.81. The van der Waals surface area contributed by atoms with Crippen molar-refractivity contribution in [3.05, 3.63) is 59.7 Å². The number of hydrogen-bond acceptors (Lipinski definition) is 3. The molecule has 0 unspecified atom stereocenters. The highest BCUT2D eigenvalue weighted by Crippen LogP contribution is 2.25. The second kappa shape index (κ2) is 7.62. The van der Waals surface area contributed by atoms with Gasteiger partial charge in [0.2, 0.25) is 0 Å². The molecule has 3 nitrogen and oxygen atoms in total. The predicted octanol–water partition coefficient (Wildman–Crippen LogP) is 3.19. The van der Waals surface area contributed by atoms with E-state index in [4.69, 9.17) is 14.7 Å². The van der Waals surface area contributed by atoms with Crippen LogP contribution in [0.1, 0.15) is 11.1 Å². The first kappa shape index (κ1) is 14.5. The van der Waals surface area contributed by atoms with E-state index in [0.29, 0.717) is 17.9 Å². The molecule has 0 saturated carbocycles. The van der Waals surface area contributed by atoms with Gasteiger partial charge in [0.25, 0.3) is 0 Å². The van der Waals surface area contributed by atoms with Gasteiger partial charge in [-0.05, 0) is 29.8 Å². The Labute approximate surface area is 124 Å². The Kier molecular flexibility index (Phi) is 5.26. The number of ether oxygens (including phenoxy) is 2. The first-order valence-corrected chi connectivity index (χ1v) is 6.54. The van der Waals surface area contributed by atoms with Crippen LogP contribution in [0, 0.1) is 23.2 Å². The first-order chi connectivity index (χ1) is 10.3. The number of rotatable bonds is 4. The normalized spacial score (nSPS) is 9.14. The SMILES string of the molecule is COc1ccccc1OCC#Cc1cccc(CC#N)c1. The molecule has 2 rings (SSSR count). The van der Waals surface area contributed by atoms with Crippen LogP contribution in [0.5, 0.6) is 11.5 Å². The quantitative estimate of drug-likeness (QED) is 0.806. The molecule has 0 heterocycles. The number of benzene rings is 2. The van der Waals surface area contributed by atoms with Gasteiger partial charge in [-0.3, -0.25) is 0 Å². The molecule has 0 N–H and O–H groups in total. The maximum atomic E-state index is 8.68. The third-order valence-corrected chi connectivity index (χ3v) is 2.81. The summed E-state index contributed by atoms with van der Waals surface area (Å²) < 4.78 is 10.8. The minimum Gasteiger partial charge on any atom is -0.493 e. The average molecular weight is 277 g/mol. The number of nitrogens with zero attached hydrogens (tertiary/aromatic N) is 1. The van der Waals surface area contributed by atoms with E-state index in [0.717, 1.165) is 11.1 Å². The molecule has 3 heteroatoms. The van der Waals surface area contributed by atoms with Crippen molar-refractivity contribution < 1.29 is 9.47 Å². The molecule has 0 saturated heterocycles. The van der Waals surface area contributed by atoms with Crippen molar-refractivity contribution in [1.82, 2.24) is 0 Å². The van der Waals surface area contributed by atoms with Gasteiger partial charge in [0.15, 0.2) is 11.5 Å². The zero-order chi connectivity index (χ0) is 14.9. The minimum atomic E-state index is 0.281. The Morgan fingerprint density at radius 3 is 2.62 bits per heavy atom. The van der Waals surface area contributed by atoms with E-state index < -0.39 is 0 Å². The topological polar surface area (TPSA) is 42.2 Å². The van der Waals surface area contributed by atoms with E-state index >= 15 is 0 Å². The molecule has 0 amide bonds. The maximum absolute atomic E-state index is 8.68. The molecule has 0 radical (unpaired) electrons. The van der Waals surface area contributed by atoms with Crippen LogP contribution in [0.2, 0.25) is 0 Å². The van der Waals surface area contributed by atoms with Gasteiger partial charge in [0, 0.05) is 5.56 Å². The van der Waals surface area contributed by atoms with E-state index in [1.165, 1.54) is 0 Å². The van der Waals surface area contributed by atoms with E-state index in [-0.39, 0.29) is 6.61 Å². The molecule has 0 aliphatic heterocycles. The Morgan fingerprint density at radius 1 is 1.05 bits per heavy atom. The smallest absolute Gasteiger partial charge is 0.162 e. The van der Waals surface area contributed by atoms with Crippen LogP contribution in [0.15, 0.2) is 48.5 Å². The van der Waals surface area contributed by atoms with Gasteiger partial charge in [-0.15, -0.1) is 0 Å². The second-order valence-corrected chi connectivity index (χ2v) is 4.28. The molecule has 2 aromatic rings. The van der Waals surface area contributed by atoms with Crippen molar-refractivity contribution in [2.75, 3.05) is 13.7 Å². The van der Waals surface area contributed by atoms with Gasteiger partial charge < -0.3 is 9.47 Å². The monoisotopic (exact) mass is 277 g/mol. The minimum absolute atomic E-state index is 0.281. The van der Waals surface area contributed by atoms with Gasteiger partial charge in [0.1, 0.15) is 6.61 Å². The molecule has 0 bridgehead atoms. The summed E-state index contributed by atoms with van der Waals surface area (Å²) in [5.74, 6) is 7.35. The van der Waals surface area contributed by atoms with Crippen LogP contribution in [-0.4, -0.2) is 13.7 Å². The van der Waals surface area contributed by atoms with Crippen LogP contribution in [0.25, 0.3) is 0 Å². The molecule has 0 fully saturated rings. The van der Waals surface area contributed by atoms with Gasteiger partial charge in [-0.1, -0.05) is 36.1 Å². The number of methoxy groups -OCH3 is 1. The molecule has 0 spiro atoms. The zero-order valence-corrected chi connectivity index (χ0v) is 11.8. The van der Waals surface area contributed by atoms with Crippen LogP contribution in [0.3, 0.4) is 0 Å². The van der Waals surface area contributed by atoms with Gasteiger partial charge >= 0.3 is 0 Å². The Morgan fingerprint density at radius 2 is 1.86 bits per heavy atom. The first-order valence-electron chi connectivity index (χ1n) is 6.54. The molecule has 0 aliphatic carbocycles. The van der Waals surface area contributed by atoms with Crippen molar-refractivity contribution in [1.29, 1.82) is 5.26 Å². The molecular formula is C18H15NO2. The third kappa shape index (κ3) is 4.30. The molecule has 2 aromatic carbocycles.